The van der Waals surface area contributed by atoms with Crippen LogP contribution in [0.25, 0.3) is 0 Å². The van der Waals surface area contributed by atoms with Crippen LogP contribution in [-0.2, 0) is 4.79 Å². The summed E-state index contributed by atoms with van der Waals surface area (Å²) >= 11 is 8.57. The van der Waals surface area contributed by atoms with E-state index in [0.29, 0.717) is 15.8 Å². The van der Waals surface area contributed by atoms with E-state index in [4.69, 9.17) is 12.2 Å². The first-order chi connectivity index (χ1) is 13.4. The summed E-state index contributed by atoms with van der Waals surface area (Å²) in [6.45, 7) is 6.09. The molecule has 2 amide bonds. The summed E-state index contributed by atoms with van der Waals surface area (Å²) in [7, 11) is 0. The number of hydrogen-bond acceptors (Lipinski definition) is 5. The Kier molecular flexibility index (Phi) is 6.91. The summed E-state index contributed by atoms with van der Waals surface area (Å²) in [6.07, 6.45) is 0. The second-order valence-corrected chi connectivity index (χ2v) is 9.85. The van der Waals surface area contributed by atoms with Gasteiger partial charge in [0.25, 0.3) is 5.91 Å². The molecule has 0 radical (unpaired) electrons. The van der Waals surface area contributed by atoms with E-state index in [0.717, 1.165) is 10.6 Å². The van der Waals surface area contributed by atoms with Gasteiger partial charge in [0.15, 0.2) is 0 Å². The molecule has 1 aliphatic heterocycles. The van der Waals surface area contributed by atoms with Gasteiger partial charge in [-0.15, -0.1) is 11.3 Å². The van der Waals surface area contributed by atoms with Crippen LogP contribution in [0.2, 0.25) is 0 Å². The smallest absolute Gasteiger partial charge is 0.251 e. The quantitative estimate of drug-likeness (QED) is 0.670. The summed E-state index contributed by atoms with van der Waals surface area (Å²) < 4.78 is 0.634. The minimum absolute atomic E-state index is 0.0274. The molecule has 0 saturated carbocycles. The fourth-order valence-corrected chi connectivity index (χ4v) is 5.79. The van der Waals surface area contributed by atoms with Crippen LogP contribution in [0.15, 0.2) is 47.8 Å². The zero-order valence-electron chi connectivity index (χ0n) is 16.1. The summed E-state index contributed by atoms with van der Waals surface area (Å²) in [5.74, 6) is 0.514. The van der Waals surface area contributed by atoms with Crippen molar-refractivity contribution in [2.24, 2.45) is 11.8 Å². The zero-order chi connectivity index (χ0) is 20.3. The van der Waals surface area contributed by atoms with Gasteiger partial charge in [0, 0.05) is 22.2 Å². The van der Waals surface area contributed by atoms with Crippen LogP contribution in [0.5, 0.6) is 0 Å². The maximum Gasteiger partial charge on any atom is 0.251 e. The molecule has 0 spiro atoms. The fraction of sp³-hybridized carbons (Fsp3) is 0.381. The number of amides is 2. The number of hydrogen-bond donors (Lipinski definition) is 1. The maximum atomic E-state index is 13.4. The Bertz CT molecular complexity index is 837. The molecule has 1 fully saturated rings. The van der Waals surface area contributed by atoms with Crippen LogP contribution in [0.3, 0.4) is 0 Å². The minimum atomic E-state index is -0.427. The first-order valence-corrected chi connectivity index (χ1v) is 11.6. The van der Waals surface area contributed by atoms with Crippen LogP contribution in [0.4, 0.5) is 0 Å². The van der Waals surface area contributed by atoms with Crippen molar-refractivity contribution in [1.82, 2.24) is 10.2 Å². The lowest BCUT2D eigenvalue weighted by Gasteiger charge is -2.32. The van der Waals surface area contributed by atoms with Gasteiger partial charge in [-0.3, -0.25) is 14.5 Å². The number of carbonyl (C=O) groups excluding carboxylic acids is 2. The van der Waals surface area contributed by atoms with E-state index in [1.165, 1.54) is 0 Å². The number of thiocarbonyl (C=S) groups is 1. The highest BCUT2D eigenvalue weighted by Crippen LogP contribution is 2.34. The summed E-state index contributed by atoms with van der Waals surface area (Å²) in [4.78, 5) is 28.9. The van der Waals surface area contributed by atoms with E-state index in [9.17, 15) is 9.59 Å². The van der Waals surface area contributed by atoms with Crippen molar-refractivity contribution in [3.05, 3.63) is 58.3 Å². The third-order valence-corrected chi connectivity index (χ3v) is 7.43. The van der Waals surface area contributed by atoms with E-state index < -0.39 is 12.0 Å². The first kappa shape index (κ1) is 21.0. The summed E-state index contributed by atoms with van der Waals surface area (Å²) in [5.41, 5.74) is 0.580. The molecule has 0 bridgehead atoms. The molecule has 1 N–H and O–H groups in total. The van der Waals surface area contributed by atoms with Crippen molar-refractivity contribution < 1.29 is 9.59 Å². The van der Waals surface area contributed by atoms with Gasteiger partial charge >= 0.3 is 0 Å². The monoisotopic (exact) mass is 432 g/mol. The van der Waals surface area contributed by atoms with E-state index in [1.807, 2.05) is 42.6 Å². The van der Waals surface area contributed by atoms with Crippen molar-refractivity contribution in [3.8, 4) is 0 Å². The molecule has 1 aliphatic rings. The van der Waals surface area contributed by atoms with Crippen LogP contribution >= 0.6 is 35.3 Å². The Morgan fingerprint density at radius 3 is 2.46 bits per heavy atom. The van der Waals surface area contributed by atoms with E-state index >= 15 is 0 Å². The van der Waals surface area contributed by atoms with E-state index in [1.54, 1.807) is 40.1 Å². The lowest BCUT2D eigenvalue weighted by atomic mass is 9.96. The summed E-state index contributed by atoms with van der Waals surface area (Å²) in [6, 6.07) is 12.7. The van der Waals surface area contributed by atoms with Crippen molar-refractivity contribution in [3.63, 3.8) is 0 Å². The van der Waals surface area contributed by atoms with Crippen molar-refractivity contribution in [2.75, 3.05) is 5.75 Å². The SMILES string of the molecule is CC(C(=O)N1C(=S)SC[C@@H]1C(C)C)C(NC(=O)c1ccccc1)c1cccs1. The third-order valence-electron chi connectivity index (χ3n) is 4.97. The molecule has 3 atom stereocenters. The number of benzene rings is 1. The van der Waals surface area contributed by atoms with Crippen LogP contribution in [-0.4, -0.2) is 32.8 Å². The van der Waals surface area contributed by atoms with E-state index in [-0.39, 0.29) is 17.9 Å². The molecule has 1 saturated heterocycles. The normalized spacial score (nSPS) is 18.9. The maximum absolute atomic E-state index is 13.4. The Hall–Kier alpha value is -1.70. The average molecular weight is 433 g/mol. The van der Waals surface area contributed by atoms with Gasteiger partial charge < -0.3 is 5.32 Å². The van der Waals surface area contributed by atoms with Gasteiger partial charge in [0.05, 0.1) is 12.0 Å². The number of carbonyl (C=O) groups is 2. The highest BCUT2D eigenvalue weighted by atomic mass is 32.2. The zero-order valence-corrected chi connectivity index (χ0v) is 18.6. The standard InChI is InChI=1S/C21H24N2O2S3/c1-13(2)16-12-28-21(26)23(16)20(25)14(3)18(17-10-7-11-27-17)22-19(24)15-8-5-4-6-9-15/h4-11,13-14,16,18H,12H2,1-3H3,(H,22,24)/t14?,16-,18?/m1/s1. The van der Waals surface area contributed by atoms with Gasteiger partial charge in [-0.25, -0.2) is 0 Å². The molecule has 3 rings (SSSR count). The molecule has 2 unspecified atom stereocenters. The predicted octanol–water partition coefficient (Wildman–Crippen LogP) is 4.74. The Morgan fingerprint density at radius 2 is 1.86 bits per heavy atom. The number of nitrogens with zero attached hydrogens (tertiary/aromatic N) is 1. The lowest BCUT2D eigenvalue weighted by molar-refractivity contribution is -0.133. The predicted molar refractivity (Wildman–Crippen MR) is 121 cm³/mol. The van der Waals surface area contributed by atoms with Gasteiger partial charge in [0.1, 0.15) is 4.32 Å². The highest BCUT2D eigenvalue weighted by Gasteiger charge is 2.40. The second kappa shape index (κ2) is 9.20. The van der Waals surface area contributed by atoms with Crippen LogP contribution < -0.4 is 5.32 Å². The third kappa shape index (κ3) is 4.47. The highest BCUT2D eigenvalue weighted by molar-refractivity contribution is 8.23. The molecule has 0 aliphatic carbocycles. The van der Waals surface area contributed by atoms with Crippen LogP contribution in [0.1, 0.15) is 42.0 Å². The van der Waals surface area contributed by atoms with Crippen molar-refractivity contribution in [2.45, 2.75) is 32.9 Å². The fourth-order valence-electron chi connectivity index (χ4n) is 3.27. The van der Waals surface area contributed by atoms with E-state index in [2.05, 4.69) is 19.2 Å². The first-order valence-electron chi connectivity index (χ1n) is 9.29. The number of rotatable bonds is 6. The molecule has 148 valence electrons. The topological polar surface area (TPSA) is 49.4 Å². The second-order valence-electron chi connectivity index (χ2n) is 7.22. The molecule has 7 heteroatoms. The average Bonchev–Trinajstić information content (AvgIpc) is 3.35. The van der Waals surface area contributed by atoms with Crippen molar-refractivity contribution >= 4 is 51.5 Å². The Labute approximate surface area is 179 Å². The molecular formula is C21H24N2O2S3. The molecule has 1 aromatic heterocycles. The molecular weight excluding hydrogens is 408 g/mol. The lowest BCUT2D eigenvalue weighted by Crippen LogP contribution is -2.47. The Balaban J connectivity index is 1.85. The number of nitrogens with one attached hydrogen (secondary N) is 1. The molecule has 1 aromatic carbocycles. The number of thiophene rings is 1. The summed E-state index contributed by atoms with van der Waals surface area (Å²) in [5, 5.41) is 5.03. The van der Waals surface area contributed by atoms with Crippen LogP contribution in [0, 0.1) is 11.8 Å². The number of thioether (sulfide) groups is 1. The van der Waals surface area contributed by atoms with Gasteiger partial charge in [0.2, 0.25) is 5.91 Å². The van der Waals surface area contributed by atoms with Crippen molar-refractivity contribution in [1.29, 1.82) is 0 Å². The minimum Gasteiger partial charge on any atom is -0.344 e. The van der Waals surface area contributed by atoms with Gasteiger partial charge in [-0.2, -0.15) is 0 Å². The largest absolute Gasteiger partial charge is 0.344 e. The molecule has 2 heterocycles. The molecule has 4 nitrogen and oxygen atoms in total. The molecule has 28 heavy (non-hydrogen) atoms. The van der Waals surface area contributed by atoms with Gasteiger partial charge in [-0.1, -0.05) is 69.0 Å². The molecule has 2 aromatic rings. The Morgan fingerprint density at radius 1 is 1.14 bits per heavy atom. The van der Waals surface area contributed by atoms with Gasteiger partial charge in [-0.05, 0) is 29.5 Å².